The van der Waals surface area contributed by atoms with Crippen LogP contribution in [0.1, 0.15) is 32.1 Å². The summed E-state index contributed by atoms with van der Waals surface area (Å²) in [6.45, 7) is 3.21. The Morgan fingerprint density at radius 3 is 2.63 bits per heavy atom. The highest BCUT2D eigenvalue weighted by atomic mass is 19.1. The van der Waals surface area contributed by atoms with E-state index < -0.39 is 6.67 Å². The van der Waals surface area contributed by atoms with Crippen molar-refractivity contribution < 1.29 is 14.0 Å². The molecular formula is C27H25FN8O2. The Morgan fingerprint density at radius 1 is 1.08 bits per heavy atom. The maximum Gasteiger partial charge on any atom is 0.261 e. The average Bonchev–Trinajstić information content (AvgIpc) is 3.57. The van der Waals surface area contributed by atoms with E-state index in [1.165, 1.54) is 11.1 Å². The first kappa shape index (κ1) is 24.8. The van der Waals surface area contributed by atoms with E-state index in [1.807, 2.05) is 32.0 Å². The Balaban J connectivity index is 1.31. The lowest BCUT2D eigenvalue weighted by Gasteiger charge is -2.15. The van der Waals surface area contributed by atoms with Gasteiger partial charge in [0.05, 0.1) is 18.1 Å². The van der Waals surface area contributed by atoms with E-state index in [4.69, 9.17) is 0 Å². The molecule has 0 bridgehead atoms. The molecule has 1 N–H and O–H groups in total. The van der Waals surface area contributed by atoms with Crippen LogP contribution in [-0.4, -0.2) is 66.6 Å². The third-order valence-corrected chi connectivity index (χ3v) is 6.08. The molecule has 0 unspecified atom stereocenters. The van der Waals surface area contributed by atoms with Crippen LogP contribution in [0.15, 0.2) is 67.0 Å². The molecule has 0 spiro atoms. The molecule has 2 aromatic carbocycles. The van der Waals surface area contributed by atoms with Gasteiger partial charge in [-0.2, -0.15) is 5.10 Å². The summed E-state index contributed by atoms with van der Waals surface area (Å²) in [5, 5.41) is 15.6. The molecular weight excluding hydrogens is 487 g/mol. The minimum Gasteiger partial charge on any atom is -0.339 e. The Hall–Kier alpha value is -4.93. The summed E-state index contributed by atoms with van der Waals surface area (Å²) in [5.41, 5.74) is 5.71. The Labute approximate surface area is 217 Å². The lowest BCUT2D eigenvalue weighted by molar-refractivity contribution is 0.0786. The van der Waals surface area contributed by atoms with E-state index >= 15 is 0 Å². The van der Waals surface area contributed by atoms with Crippen molar-refractivity contribution in [1.29, 1.82) is 0 Å². The first-order valence-electron chi connectivity index (χ1n) is 11.9. The molecule has 38 heavy (non-hydrogen) atoms. The zero-order valence-electron chi connectivity index (χ0n) is 21.1. The number of hydrogen-bond donors (Lipinski definition) is 1. The number of nitrogens with zero attached hydrogens (tertiary/aromatic N) is 7. The van der Waals surface area contributed by atoms with Crippen LogP contribution in [0, 0.1) is 13.8 Å². The average molecular weight is 513 g/mol. The van der Waals surface area contributed by atoms with E-state index in [-0.39, 0.29) is 18.4 Å². The number of hydrogen-bond acceptors (Lipinski definition) is 6. The number of benzene rings is 2. The van der Waals surface area contributed by atoms with Gasteiger partial charge in [-0.15, -0.1) is 5.10 Å². The number of rotatable bonds is 7. The smallest absolute Gasteiger partial charge is 0.261 e. The number of aryl methyl sites for hydroxylation is 2. The zero-order valence-corrected chi connectivity index (χ0v) is 21.1. The molecule has 0 saturated carbocycles. The number of amides is 2. The standard InChI is InChI=1S/C27H25FN8O2/c1-17-13-18(2)36-25(30-17)23(15-29-36)26(37)31-21-9-7-19(8-10-21)24-16-35(33-32-24)22-6-4-5-20(14-22)27(38)34(3)12-11-28/h4-10,13-16H,11-12H2,1-3H3,(H,31,37). The minimum atomic E-state index is -0.603. The van der Waals surface area contributed by atoms with Gasteiger partial charge in [-0.3, -0.25) is 9.59 Å². The van der Waals surface area contributed by atoms with Crippen LogP contribution < -0.4 is 5.32 Å². The predicted octanol–water partition coefficient (Wildman–Crippen LogP) is 3.89. The van der Waals surface area contributed by atoms with Gasteiger partial charge < -0.3 is 10.2 Å². The highest BCUT2D eigenvalue weighted by molar-refractivity contribution is 6.08. The molecule has 0 fully saturated rings. The van der Waals surface area contributed by atoms with Gasteiger partial charge in [0.15, 0.2) is 5.65 Å². The summed E-state index contributed by atoms with van der Waals surface area (Å²) in [6, 6.07) is 16.0. The molecule has 3 aromatic heterocycles. The highest BCUT2D eigenvalue weighted by Crippen LogP contribution is 2.22. The number of alkyl halides is 1. The maximum atomic E-state index is 12.9. The fourth-order valence-electron chi connectivity index (χ4n) is 4.11. The van der Waals surface area contributed by atoms with E-state index in [0.29, 0.717) is 33.8 Å². The molecule has 0 aliphatic heterocycles. The van der Waals surface area contributed by atoms with Crippen molar-refractivity contribution >= 4 is 23.1 Å². The predicted molar refractivity (Wildman–Crippen MR) is 140 cm³/mol. The number of anilines is 1. The first-order chi connectivity index (χ1) is 18.3. The molecule has 0 aliphatic rings. The van der Waals surface area contributed by atoms with E-state index in [1.54, 1.807) is 58.8 Å². The largest absolute Gasteiger partial charge is 0.339 e. The molecule has 5 aromatic rings. The SMILES string of the molecule is Cc1cc(C)n2ncc(C(=O)Nc3ccc(-c4cn(-c5cccc(C(=O)N(C)CCF)c5)nn4)cc3)c2n1. The summed E-state index contributed by atoms with van der Waals surface area (Å²) in [7, 11) is 1.56. The summed E-state index contributed by atoms with van der Waals surface area (Å²) >= 11 is 0. The second-order valence-corrected chi connectivity index (χ2v) is 8.88. The van der Waals surface area contributed by atoms with E-state index in [0.717, 1.165) is 17.0 Å². The number of carbonyl (C=O) groups excluding carboxylic acids is 2. The number of nitrogens with one attached hydrogen (secondary N) is 1. The van der Waals surface area contributed by atoms with Crippen LogP contribution in [-0.2, 0) is 0 Å². The molecule has 2 amide bonds. The summed E-state index contributed by atoms with van der Waals surface area (Å²) in [6.07, 6.45) is 3.26. The topological polar surface area (TPSA) is 110 Å². The van der Waals surface area contributed by atoms with Crippen LogP contribution in [0.3, 0.4) is 0 Å². The van der Waals surface area contributed by atoms with Gasteiger partial charge in [0.1, 0.15) is 17.9 Å². The number of halogens is 1. The van der Waals surface area contributed by atoms with Crippen LogP contribution in [0.4, 0.5) is 10.1 Å². The van der Waals surface area contributed by atoms with Gasteiger partial charge in [-0.1, -0.05) is 23.4 Å². The van der Waals surface area contributed by atoms with Gasteiger partial charge in [0.2, 0.25) is 0 Å². The fraction of sp³-hybridized carbons (Fsp3) is 0.185. The Bertz CT molecular complexity index is 1640. The molecule has 3 heterocycles. The lowest BCUT2D eigenvalue weighted by atomic mass is 10.1. The third kappa shape index (κ3) is 4.85. The van der Waals surface area contributed by atoms with Gasteiger partial charge in [-0.05, 0) is 50.2 Å². The Kier molecular flexibility index (Phi) is 6.65. The van der Waals surface area contributed by atoms with E-state index in [9.17, 15) is 14.0 Å². The first-order valence-corrected chi connectivity index (χ1v) is 11.9. The van der Waals surface area contributed by atoms with Gasteiger partial charge >= 0.3 is 0 Å². The zero-order chi connectivity index (χ0) is 26.8. The fourth-order valence-corrected chi connectivity index (χ4v) is 4.11. The van der Waals surface area contributed by atoms with Gasteiger partial charge in [0, 0.05) is 41.8 Å². The van der Waals surface area contributed by atoms with Gasteiger partial charge in [-0.25, -0.2) is 18.6 Å². The van der Waals surface area contributed by atoms with Crippen LogP contribution >= 0.6 is 0 Å². The number of carbonyl (C=O) groups is 2. The van der Waals surface area contributed by atoms with E-state index in [2.05, 4.69) is 25.7 Å². The van der Waals surface area contributed by atoms with Crippen molar-refractivity contribution in [3.63, 3.8) is 0 Å². The Morgan fingerprint density at radius 2 is 1.87 bits per heavy atom. The van der Waals surface area contributed by atoms with Crippen molar-refractivity contribution in [3.8, 4) is 16.9 Å². The molecule has 0 atom stereocenters. The second-order valence-electron chi connectivity index (χ2n) is 8.88. The number of aromatic nitrogens is 6. The lowest BCUT2D eigenvalue weighted by Crippen LogP contribution is -2.28. The van der Waals surface area contributed by atoms with Gasteiger partial charge in [0.25, 0.3) is 11.8 Å². The molecule has 0 radical (unpaired) electrons. The highest BCUT2D eigenvalue weighted by Gasteiger charge is 2.16. The molecule has 0 saturated heterocycles. The van der Waals surface area contributed by atoms with Crippen LogP contribution in [0.25, 0.3) is 22.6 Å². The quantitative estimate of drug-likeness (QED) is 0.354. The third-order valence-electron chi connectivity index (χ3n) is 6.08. The molecule has 0 aliphatic carbocycles. The maximum absolute atomic E-state index is 12.9. The van der Waals surface area contributed by atoms with Crippen molar-refractivity contribution in [2.75, 3.05) is 25.6 Å². The van der Waals surface area contributed by atoms with Crippen molar-refractivity contribution in [2.24, 2.45) is 0 Å². The molecule has 5 rings (SSSR count). The number of fused-ring (bicyclic) bond motifs is 1. The van der Waals surface area contributed by atoms with Crippen LogP contribution in [0.5, 0.6) is 0 Å². The summed E-state index contributed by atoms with van der Waals surface area (Å²) in [5.74, 6) is -0.574. The minimum absolute atomic E-state index is 0.0302. The van der Waals surface area contributed by atoms with Crippen molar-refractivity contribution in [1.82, 2.24) is 34.5 Å². The molecule has 11 heteroatoms. The van der Waals surface area contributed by atoms with Crippen molar-refractivity contribution in [2.45, 2.75) is 13.8 Å². The van der Waals surface area contributed by atoms with Crippen LogP contribution in [0.2, 0.25) is 0 Å². The second kappa shape index (κ2) is 10.2. The molecule has 192 valence electrons. The normalized spacial score (nSPS) is 11.1. The summed E-state index contributed by atoms with van der Waals surface area (Å²) < 4.78 is 15.8. The summed E-state index contributed by atoms with van der Waals surface area (Å²) in [4.78, 5) is 31.2. The monoisotopic (exact) mass is 512 g/mol. The molecule has 10 nitrogen and oxygen atoms in total. The van der Waals surface area contributed by atoms with Crippen molar-refractivity contribution in [3.05, 3.63) is 89.5 Å².